The fourth-order valence-corrected chi connectivity index (χ4v) is 3.32. The molecule has 0 spiro atoms. The molecule has 0 aliphatic heterocycles. The maximum absolute atomic E-state index is 11.6. The van der Waals surface area contributed by atoms with Gasteiger partial charge in [0.05, 0.1) is 0 Å². The summed E-state index contributed by atoms with van der Waals surface area (Å²) in [6, 6.07) is 36.7. The molecule has 0 amide bonds. The lowest BCUT2D eigenvalue weighted by molar-refractivity contribution is -0.136. The van der Waals surface area contributed by atoms with E-state index in [0.717, 1.165) is 23.1 Å². The van der Waals surface area contributed by atoms with Gasteiger partial charge in [0.2, 0.25) is 0 Å². The number of carbonyl (C=O) groups is 2. The molecule has 0 aliphatic rings. The highest BCUT2D eigenvalue weighted by atomic mass is 16.5. The molecule has 0 saturated carbocycles. The molecule has 0 radical (unpaired) electrons. The summed E-state index contributed by atoms with van der Waals surface area (Å²) in [4.78, 5) is 23.1. The van der Waals surface area contributed by atoms with Crippen molar-refractivity contribution in [3.8, 4) is 5.75 Å². The normalized spacial score (nSPS) is 10.8. The number of hydrogen-bond donors (Lipinski definition) is 0. The van der Waals surface area contributed by atoms with E-state index in [1.807, 2.05) is 103 Å². The molecule has 0 aliphatic carbocycles. The van der Waals surface area contributed by atoms with Gasteiger partial charge in [0.15, 0.2) is 0 Å². The highest BCUT2D eigenvalue weighted by Gasteiger charge is 1.99. The van der Waals surface area contributed by atoms with Crippen molar-refractivity contribution in [2.45, 2.75) is 13.3 Å². The van der Waals surface area contributed by atoms with Gasteiger partial charge in [-0.05, 0) is 59.0 Å². The van der Waals surface area contributed by atoms with Gasteiger partial charge in [-0.3, -0.25) is 0 Å². The SMILES string of the molecule is CCc1ccc(C=CC(=O)Oc2ccccc2)cc1.O=C(C=Cc1ccccc1)OCC=Cc1ccccc1. The number of carbonyl (C=O) groups excluding carboxylic acids is 2. The summed E-state index contributed by atoms with van der Waals surface area (Å²) in [6.45, 7) is 2.38. The van der Waals surface area contributed by atoms with Crippen LogP contribution in [0, 0.1) is 0 Å². The Labute approximate surface area is 230 Å². The molecule has 0 aromatic heterocycles. The maximum atomic E-state index is 11.6. The van der Waals surface area contributed by atoms with Gasteiger partial charge in [0, 0.05) is 12.2 Å². The van der Waals surface area contributed by atoms with Crippen LogP contribution in [0.15, 0.2) is 133 Å². The zero-order chi connectivity index (χ0) is 27.5. The monoisotopic (exact) mass is 516 g/mol. The minimum Gasteiger partial charge on any atom is -0.458 e. The molecule has 0 bridgehead atoms. The standard InChI is InChI=1S/C18H16O2.C17H16O2/c19-18(14-13-17-10-5-2-6-11-17)20-15-7-12-16-8-3-1-4-9-16;1-2-14-8-10-15(11-9-14)12-13-17(18)19-16-6-4-3-5-7-16/h1-14H,15H2;3-13H,2H2,1H3. The van der Waals surface area contributed by atoms with Gasteiger partial charge in [-0.1, -0.05) is 116 Å². The van der Waals surface area contributed by atoms with Gasteiger partial charge in [-0.15, -0.1) is 0 Å². The third kappa shape index (κ3) is 11.8. The molecule has 0 N–H and O–H groups in total. The van der Waals surface area contributed by atoms with Crippen LogP contribution in [0.3, 0.4) is 0 Å². The van der Waals surface area contributed by atoms with Crippen LogP contribution in [0.5, 0.6) is 5.75 Å². The van der Waals surface area contributed by atoms with Crippen LogP contribution < -0.4 is 4.74 Å². The molecule has 0 heterocycles. The first-order valence-corrected chi connectivity index (χ1v) is 12.8. The molecule has 0 unspecified atom stereocenters. The second-order valence-corrected chi connectivity index (χ2v) is 8.35. The first-order valence-electron chi connectivity index (χ1n) is 12.8. The highest BCUT2D eigenvalue weighted by molar-refractivity contribution is 5.88. The number of ether oxygens (including phenoxy) is 2. The van der Waals surface area contributed by atoms with E-state index in [2.05, 4.69) is 19.1 Å². The van der Waals surface area contributed by atoms with Crippen LogP contribution in [0.1, 0.15) is 29.2 Å². The lowest BCUT2D eigenvalue weighted by Crippen LogP contribution is -2.03. The van der Waals surface area contributed by atoms with Gasteiger partial charge in [0.1, 0.15) is 12.4 Å². The first-order chi connectivity index (χ1) is 19.1. The van der Waals surface area contributed by atoms with Crippen molar-refractivity contribution in [2.75, 3.05) is 6.61 Å². The largest absolute Gasteiger partial charge is 0.458 e. The van der Waals surface area contributed by atoms with Gasteiger partial charge in [-0.2, -0.15) is 0 Å². The Morgan fingerprint density at radius 1 is 0.590 bits per heavy atom. The van der Waals surface area contributed by atoms with Crippen molar-refractivity contribution in [2.24, 2.45) is 0 Å². The molecule has 0 fully saturated rings. The van der Waals surface area contributed by atoms with E-state index < -0.39 is 0 Å². The van der Waals surface area contributed by atoms with Gasteiger partial charge >= 0.3 is 11.9 Å². The number of benzene rings is 4. The Bertz CT molecular complexity index is 1350. The number of hydrogen-bond acceptors (Lipinski definition) is 4. The fraction of sp³-hybridized carbons (Fsp3) is 0.0857. The molecule has 196 valence electrons. The van der Waals surface area contributed by atoms with Crippen LogP contribution >= 0.6 is 0 Å². The predicted molar refractivity (Wildman–Crippen MR) is 159 cm³/mol. The summed E-state index contributed by atoms with van der Waals surface area (Å²) in [5.41, 5.74) is 4.33. The molecule has 0 saturated heterocycles. The number of aryl methyl sites for hydroxylation is 1. The smallest absolute Gasteiger partial charge is 0.336 e. The van der Waals surface area contributed by atoms with Crippen LogP contribution in [-0.4, -0.2) is 18.5 Å². The van der Waals surface area contributed by atoms with Crippen molar-refractivity contribution in [1.82, 2.24) is 0 Å². The third-order valence-corrected chi connectivity index (χ3v) is 5.40. The van der Waals surface area contributed by atoms with E-state index in [0.29, 0.717) is 5.75 Å². The van der Waals surface area contributed by atoms with Crippen LogP contribution in [0.2, 0.25) is 0 Å². The number of esters is 2. The van der Waals surface area contributed by atoms with Gasteiger partial charge < -0.3 is 9.47 Å². The number of para-hydroxylation sites is 1. The van der Waals surface area contributed by atoms with E-state index in [4.69, 9.17) is 9.47 Å². The Hall–Kier alpha value is -4.96. The Kier molecular flexibility index (Phi) is 12.3. The molecule has 4 aromatic carbocycles. The molecule has 4 rings (SSSR count). The first kappa shape index (κ1) is 28.6. The Morgan fingerprint density at radius 2 is 1.08 bits per heavy atom. The van der Waals surface area contributed by atoms with Crippen molar-refractivity contribution < 1.29 is 19.1 Å². The summed E-state index contributed by atoms with van der Waals surface area (Å²) in [5.74, 6) is -0.157. The Morgan fingerprint density at radius 3 is 1.64 bits per heavy atom. The van der Waals surface area contributed by atoms with Crippen LogP contribution in [0.4, 0.5) is 0 Å². The lowest BCUT2D eigenvalue weighted by atomic mass is 10.1. The zero-order valence-electron chi connectivity index (χ0n) is 22.0. The average molecular weight is 517 g/mol. The topological polar surface area (TPSA) is 52.6 Å². The van der Waals surface area contributed by atoms with Crippen molar-refractivity contribution >= 4 is 30.2 Å². The van der Waals surface area contributed by atoms with E-state index in [9.17, 15) is 9.59 Å². The fourth-order valence-electron chi connectivity index (χ4n) is 3.32. The van der Waals surface area contributed by atoms with Gasteiger partial charge in [-0.25, -0.2) is 9.59 Å². The van der Waals surface area contributed by atoms with Crippen molar-refractivity contribution in [3.63, 3.8) is 0 Å². The molecular weight excluding hydrogens is 484 g/mol. The minimum atomic E-state index is -0.370. The molecule has 4 aromatic rings. The van der Waals surface area contributed by atoms with E-state index in [-0.39, 0.29) is 18.5 Å². The Balaban J connectivity index is 0.000000216. The minimum absolute atomic E-state index is 0.271. The van der Waals surface area contributed by atoms with Crippen LogP contribution in [0.25, 0.3) is 18.2 Å². The molecule has 4 nitrogen and oxygen atoms in total. The summed E-state index contributed by atoms with van der Waals surface area (Å²) in [6.07, 6.45) is 11.1. The molecule has 39 heavy (non-hydrogen) atoms. The second kappa shape index (κ2) is 16.7. The lowest BCUT2D eigenvalue weighted by Gasteiger charge is -2.00. The highest BCUT2D eigenvalue weighted by Crippen LogP contribution is 2.10. The third-order valence-electron chi connectivity index (χ3n) is 5.40. The van der Waals surface area contributed by atoms with E-state index >= 15 is 0 Å². The summed E-state index contributed by atoms with van der Waals surface area (Å²) < 4.78 is 10.2. The molecule has 4 heteroatoms. The van der Waals surface area contributed by atoms with Crippen molar-refractivity contribution in [1.29, 1.82) is 0 Å². The molecular formula is C35H32O4. The maximum Gasteiger partial charge on any atom is 0.336 e. The summed E-state index contributed by atoms with van der Waals surface area (Å²) in [7, 11) is 0. The summed E-state index contributed by atoms with van der Waals surface area (Å²) >= 11 is 0. The summed E-state index contributed by atoms with van der Waals surface area (Å²) in [5, 5.41) is 0. The quantitative estimate of drug-likeness (QED) is 0.129. The van der Waals surface area contributed by atoms with Gasteiger partial charge in [0.25, 0.3) is 0 Å². The van der Waals surface area contributed by atoms with E-state index in [1.54, 1.807) is 24.3 Å². The average Bonchev–Trinajstić information content (AvgIpc) is 2.99. The predicted octanol–water partition coefficient (Wildman–Crippen LogP) is 7.82. The zero-order valence-corrected chi connectivity index (χ0v) is 22.0. The van der Waals surface area contributed by atoms with Crippen molar-refractivity contribution in [3.05, 3.63) is 156 Å². The molecule has 0 atom stereocenters. The second-order valence-electron chi connectivity index (χ2n) is 8.35. The van der Waals surface area contributed by atoms with E-state index in [1.165, 1.54) is 17.7 Å². The van der Waals surface area contributed by atoms with Crippen LogP contribution in [-0.2, 0) is 20.7 Å². The number of rotatable bonds is 9.